The molecule has 2 aromatic rings. The molecule has 0 fully saturated rings. The molecule has 0 N–H and O–H groups in total. The number of benzene rings is 1. The highest BCUT2D eigenvalue weighted by Crippen LogP contribution is 2.17. The second kappa shape index (κ2) is 5.43. The van der Waals surface area contributed by atoms with Gasteiger partial charge in [-0.1, -0.05) is 31.2 Å². The minimum Gasteiger partial charge on any atom is -0.234 e. The van der Waals surface area contributed by atoms with Crippen molar-refractivity contribution in [3.63, 3.8) is 0 Å². The average Bonchev–Trinajstić information content (AvgIpc) is 2.40. The van der Waals surface area contributed by atoms with Crippen molar-refractivity contribution in [3.8, 4) is 11.4 Å². The van der Waals surface area contributed by atoms with Crippen LogP contribution in [-0.4, -0.2) is 15.1 Å². The summed E-state index contributed by atoms with van der Waals surface area (Å²) in [7, 11) is 0. The van der Waals surface area contributed by atoms with Crippen LogP contribution in [0.3, 0.4) is 0 Å². The summed E-state index contributed by atoms with van der Waals surface area (Å²) in [5.74, 6) is 0.691. The first-order valence-electron chi connectivity index (χ1n) is 5.32. The number of hydrogen-bond donors (Lipinski definition) is 0. The molecule has 0 spiro atoms. The number of rotatable bonds is 3. The van der Waals surface area contributed by atoms with E-state index in [4.69, 9.17) is 0 Å². The second-order valence-corrected chi connectivity index (χ2v) is 3.70. The van der Waals surface area contributed by atoms with Gasteiger partial charge in [-0.3, -0.25) is 0 Å². The summed E-state index contributed by atoms with van der Waals surface area (Å²) < 4.78 is 0. The molecular formula is C13H11N3S. The van der Waals surface area contributed by atoms with E-state index in [0.717, 1.165) is 12.0 Å². The van der Waals surface area contributed by atoms with Crippen LogP contribution in [0.2, 0.25) is 0 Å². The molecule has 1 aromatic heterocycles. The van der Waals surface area contributed by atoms with Crippen molar-refractivity contribution in [2.45, 2.75) is 13.3 Å². The van der Waals surface area contributed by atoms with Crippen LogP contribution in [0.1, 0.15) is 12.5 Å². The molecule has 0 aliphatic carbocycles. The predicted molar refractivity (Wildman–Crippen MR) is 71.5 cm³/mol. The quantitative estimate of drug-likeness (QED) is 0.610. The summed E-state index contributed by atoms with van der Waals surface area (Å²) in [6, 6.07) is 8.22. The fourth-order valence-electron chi connectivity index (χ4n) is 1.47. The molecule has 0 atom stereocenters. The van der Waals surface area contributed by atoms with Gasteiger partial charge in [0.05, 0.1) is 17.6 Å². The Bertz CT molecular complexity index is 540. The van der Waals surface area contributed by atoms with Gasteiger partial charge >= 0.3 is 0 Å². The molecular weight excluding hydrogens is 230 g/mol. The van der Waals surface area contributed by atoms with E-state index in [1.54, 1.807) is 12.4 Å². The van der Waals surface area contributed by atoms with Gasteiger partial charge in [-0.25, -0.2) is 9.97 Å². The molecule has 84 valence electrons. The minimum atomic E-state index is 0.619. The van der Waals surface area contributed by atoms with Crippen LogP contribution in [0, 0.1) is 0 Å². The van der Waals surface area contributed by atoms with Crippen LogP contribution in [0.5, 0.6) is 0 Å². The number of aliphatic imine (C=N–C) groups is 1. The number of hydrogen-bond acceptors (Lipinski definition) is 4. The zero-order valence-corrected chi connectivity index (χ0v) is 10.2. The molecule has 0 saturated heterocycles. The van der Waals surface area contributed by atoms with Crippen LogP contribution >= 0.6 is 12.2 Å². The molecule has 1 aromatic carbocycles. The van der Waals surface area contributed by atoms with Crippen LogP contribution in [0.15, 0.2) is 41.7 Å². The van der Waals surface area contributed by atoms with Crippen LogP contribution in [0.25, 0.3) is 11.4 Å². The molecule has 0 unspecified atom stereocenters. The molecule has 0 amide bonds. The summed E-state index contributed by atoms with van der Waals surface area (Å²) in [5.41, 5.74) is 2.92. The average molecular weight is 241 g/mol. The Kier molecular flexibility index (Phi) is 3.70. The third-order valence-corrected chi connectivity index (χ3v) is 2.52. The maximum absolute atomic E-state index is 4.52. The molecule has 1 heterocycles. The standard InChI is InChI=1S/C13H11N3S/c1-2-10-3-5-11(6-4-10)13-14-7-12(8-15-13)16-9-17/h3-8H,2H2,1H3. The molecule has 17 heavy (non-hydrogen) atoms. The number of thiocarbonyl (C=S) groups is 1. The van der Waals surface area contributed by atoms with E-state index >= 15 is 0 Å². The van der Waals surface area contributed by atoms with Gasteiger partial charge in [-0.15, -0.1) is 0 Å². The van der Waals surface area contributed by atoms with E-state index in [1.165, 1.54) is 5.56 Å². The number of aromatic nitrogens is 2. The van der Waals surface area contributed by atoms with Gasteiger partial charge in [0.25, 0.3) is 0 Å². The lowest BCUT2D eigenvalue weighted by Crippen LogP contribution is -1.88. The van der Waals surface area contributed by atoms with Crippen molar-refractivity contribution in [2.24, 2.45) is 4.99 Å². The van der Waals surface area contributed by atoms with E-state index in [9.17, 15) is 0 Å². The topological polar surface area (TPSA) is 38.1 Å². The van der Waals surface area contributed by atoms with Gasteiger partial charge in [0.2, 0.25) is 0 Å². The minimum absolute atomic E-state index is 0.619. The smallest absolute Gasteiger partial charge is 0.159 e. The monoisotopic (exact) mass is 241 g/mol. The van der Waals surface area contributed by atoms with Crippen molar-refractivity contribution in [1.82, 2.24) is 9.97 Å². The van der Waals surface area contributed by atoms with Gasteiger partial charge < -0.3 is 0 Å². The number of nitrogens with zero attached hydrogens (tertiary/aromatic N) is 3. The third kappa shape index (κ3) is 2.81. The van der Waals surface area contributed by atoms with Crippen molar-refractivity contribution in [2.75, 3.05) is 0 Å². The first kappa shape index (κ1) is 11.6. The van der Waals surface area contributed by atoms with E-state index in [-0.39, 0.29) is 0 Å². The highest BCUT2D eigenvalue weighted by molar-refractivity contribution is 7.78. The van der Waals surface area contributed by atoms with Crippen molar-refractivity contribution < 1.29 is 0 Å². The molecule has 0 saturated carbocycles. The summed E-state index contributed by atoms with van der Waals surface area (Å²) in [6.07, 6.45) is 4.30. The Morgan fingerprint density at radius 2 is 1.82 bits per heavy atom. The lowest BCUT2D eigenvalue weighted by atomic mass is 10.1. The molecule has 4 heteroatoms. The lowest BCUT2D eigenvalue weighted by Gasteiger charge is -2.01. The maximum Gasteiger partial charge on any atom is 0.159 e. The molecule has 0 aliphatic heterocycles. The van der Waals surface area contributed by atoms with E-state index in [2.05, 4.69) is 51.4 Å². The van der Waals surface area contributed by atoms with Crippen LogP contribution in [0.4, 0.5) is 5.69 Å². The lowest BCUT2D eigenvalue weighted by molar-refractivity contribution is 1.13. The largest absolute Gasteiger partial charge is 0.234 e. The van der Waals surface area contributed by atoms with E-state index < -0.39 is 0 Å². The molecule has 2 rings (SSSR count). The summed E-state index contributed by atoms with van der Waals surface area (Å²) in [4.78, 5) is 12.3. The summed E-state index contributed by atoms with van der Waals surface area (Å²) in [6.45, 7) is 2.13. The Balaban J connectivity index is 2.29. The Labute approximate surface area is 105 Å². The Morgan fingerprint density at radius 3 is 2.35 bits per heavy atom. The van der Waals surface area contributed by atoms with Gasteiger partial charge in [-0.05, 0) is 24.2 Å². The molecule has 0 radical (unpaired) electrons. The fraction of sp³-hybridized carbons (Fsp3) is 0.154. The van der Waals surface area contributed by atoms with Crippen LogP contribution < -0.4 is 0 Å². The number of aryl methyl sites for hydroxylation is 1. The highest BCUT2D eigenvalue weighted by atomic mass is 32.1. The highest BCUT2D eigenvalue weighted by Gasteiger charge is 2.00. The zero-order valence-electron chi connectivity index (χ0n) is 9.42. The summed E-state index contributed by atoms with van der Waals surface area (Å²) >= 11 is 4.52. The van der Waals surface area contributed by atoms with Gasteiger partial charge in [0.1, 0.15) is 5.69 Å². The van der Waals surface area contributed by atoms with E-state index in [1.807, 2.05) is 12.1 Å². The molecule has 0 bridgehead atoms. The summed E-state index contributed by atoms with van der Waals surface area (Å²) in [5, 5.41) is 2.29. The maximum atomic E-state index is 4.52. The zero-order chi connectivity index (χ0) is 12.1. The van der Waals surface area contributed by atoms with Gasteiger partial charge in [-0.2, -0.15) is 4.99 Å². The fourth-order valence-corrected chi connectivity index (χ4v) is 1.58. The Morgan fingerprint density at radius 1 is 1.18 bits per heavy atom. The Hall–Kier alpha value is -1.90. The first-order chi connectivity index (χ1) is 8.33. The number of isothiocyanates is 1. The second-order valence-electron chi connectivity index (χ2n) is 3.52. The normalized spacial score (nSPS) is 9.71. The van der Waals surface area contributed by atoms with Gasteiger partial charge in [0.15, 0.2) is 5.82 Å². The third-order valence-electron chi connectivity index (χ3n) is 2.43. The SMILES string of the molecule is CCc1ccc(-c2ncc(N=C=S)cn2)cc1. The predicted octanol–water partition coefficient (Wildman–Crippen LogP) is 3.44. The van der Waals surface area contributed by atoms with E-state index in [0.29, 0.717) is 11.5 Å². The molecule has 3 nitrogen and oxygen atoms in total. The first-order valence-corrected chi connectivity index (χ1v) is 5.73. The molecule has 0 aliphatic rings. The van der Waals surface area contributed by atoms with Crippen molar-refractivity contribution >= 4 is 23.1 Å². The van der Waals surface area contributed by atoms with Gasteiger partial charge in [0, 0.05) is 5.56 Å². The van der Waals surface area contributed by atoms with Crippen LogP contribution in [-0.2, 0) is 6.42 Å². The van der Waals surface area contributed by atoms with Crippen molar-refractivity contribution in [1.29, 1.82) is 0 Å². The van der Waals surface area contributed by atoms with Crippen molar-refractivity contribution in [3.05, 3.63) is 42.2 Å².